The molecule has 0 aromatic heterocycles. The summed E-state index contributed by atoms with van der Waals surface area (Å²) in [5, 5.41) is 3.65. The molecule has 0 radical (unpaired) electrons. The van der Waals surface area contributed by atoms with Crippen molar-refractivity contribution in [1.82, 2.24) is 5.32 Å². The maximum absolute atomic E-state index is 3.65. The molecule has 1 heteroatoms. The van der Waals surface area contributed by atoms with E-state index < -0.39 is 0 Å². The highest BCUT2D eigenvalue weighted by atomic mass is 15.1. The van der Waals surface area contributed by atoms with Gasteiger partial charge in [0.1, 0.15) is 0 Å². The molecule has 2 aliphatic rings. The minimum absolute atomic E-state index is 0.594. The summed E-state index contributed by atoms with van der Waals surface area (Å²) in [6.07, 6.45) is 8.73. The zero-order valence-corrected chi connectivity index (χ0v) is 7.53. The van der Waals surface area contributed by atoms with Crippen LogP contribution in [0.4, 0.5) is 0 Å². The fourth-order valence-electron chi connectivity index (χ4n) is 2.62. The van der Waals surface area contributed by atoms with E-state index in [1.54, 1.807) is 0 Å². The highest BCUT2D eigenvalue weighted by Crippen LogP contribution is 2.38. The zero-order valence-electron chi connectivity index (χ0n) is 7.53. The van der Waals surface area contributed by atoms with Gasteiger partial charge in [-0.25, -0.2) is 0 Å². The van der Waals surface area contributed by atoms with Crippen LogP contribution in [0.25, 0.3) is 0 Å². The predicted octanol–water partition coefficient (Wildman–Crippen LogP) is 2.32. The van der Waals surface area contributed by atoms with Gasteiger partial charge in [-0.05, 0) is 25.3 Å². The largest absolute Gasteiger partial charge is 0.311 e. The van der Waals surface area contributed by atoms with Gasteiger partial charge in [-0.15, -0.1) is 0 Å². The van der Waals surface area contributed by atoms with E-state index in [0.29, 0.717) is 5.54 Å². The third-order valence-electron chi connectivity index (χ3n) is 3.70. The van der Waals surface area contributed by atoms with Crippen LogP contribution in [-0.2, 0) is 0 Å². The van der Waals surface area contributed by atoms with Crippen molar-refractivity contribution >= 4 is 0 Å². The van der Waals surface area contributed by atoms with Crippen molar-refractivity contribution in [2.24, 2.45) is 5.92 Å². The molecule has 1 saturated carbocycles. The first kappa shape index (κ1) is 7.60. The smallest absolute Gasteiger partial charge is 0.0219 e. The summed E-state index contributed by atoms with van der Waals surface area (Å²) in [5.74, 6) is 0.945. The number of nitrogens with one attached hydrogen (secondary N) is 1. The summed E-state index contributed by atoms with van der Waals surface area (Å²) < 4.78 is 0. The lowest BCUT2D eigenvalue weighted by Crippen LogP contribution is -2.63. The first-order valence-electron chi connectivity index (χ1n) is 5.08. The Morgan fingerprint density at radius 1 is 1.09 bits per heavy atom. The summed E-state index contributed by atoms with van der Waals surface area (Å²) in [7, 11) is 0. The van der Waals surface area contributed by atoms with Gasteiger partial charge in [0.25, 0.3) is 0 Å². The quantitative estimate of drug-likeness (QED) is 0.563. The Balaban J connectivity index is 1.99. The van der Waals surface area contributed by atoms with Gasteiger partial charge in [0.2, 0.25) is 0 Å². The van der Waals surface area contributed by atoms with Crippen LogP contribution in [-0.4, -0.2) is 12.1 Å². The van der Waals surface area contributed by atoms with Crippen molar-refractivity contribution in [2.45, 2.75) is 51.0 Å². The molecule has 1 saturated heterocycles. The standard InChI is InChI=1S/C10H19N/c1-9-8-11-10(9)6-4-2-3-5-7-10/h9,11H,2-8H2,1H3. The third kappa shape index (κ3) is 1.20. The van der Waals surface area contributed by atoms with Crippen molar-refractivity contribution in [3.63, 3.8) is 0 Å². The van der Waals surface area contributed by atoms with Crippen molar-refractivity contribution in [2.75, 3.05) is 6.54 Å². The van der Waals surface area contributed by atoms with E-state index >= 15 is 0 Å². The molecular weight excluding hydrogens is 134 g/mol. The lowest BCUT2D eigenvalue weighted by Gasteiger charge is -2.49. The second kappa shape index (κ2) is 2.78. The normalized spacial score (nSPS) is 36.3. The first-order valence-corrected chi connectivity index (χ1v) is 5.08. The topological polar surface area (TPSA) is 12.0 Å². The summed E-state index contributed by atoms with van der Waals surface area (Å²) in [4.78, 5) is 0. The van der Waals surface area contributed by atoms with Crippen LogP contribution >= 0.6 is 0 Å². The fraction of sp³-hybridized carbons (Fsp3) is 1.00. The predicted molar refractivity (Wildman–Crippen MR) is 47.6 cm³/mol. The van der Waals surface area contributed by atoms with Gasteiger partial charge >= 0.3 is 0 Å². The van der Waals surface area contributed by atoms with Crippen molar-refractivity contribution in [1.29, 1.82) is 0 Å². The number of hydrogen-bond acceptors (Lipinski definition) is 1. The van der Waals surface area contributed by atoms with Gasteiger partial charge in [0, 0.05) is 5.54 Å². The molecule has 64 valence electrons. The van der Waals surface area contributed by atoms with Gasteiger partial charge in [-0.1, -0.05) is 32.6 Å². The Bertz CT molecular complexity index is 134. The Labute approximate surface area is 69.6 Å². The van der Waals surface area contributed by atoms with E-state index in [-0.39, 0.29) is 0 Å². The van der Waals surface area contributed by atoms with Gasteiger partial charge in [0.05, 0.1) is 0 Å². The molecule has 11 heavy (non-hydrogen) atoms. The lowest BCUT2D eigenvalue weighted by atomic mass is 9.72. The molecule has 1 nitrogen and oxygen atoms in total. The monoisotopic (exact) mass is 153 g/mol. The highest BCUT2D eigenvalue weighted by Gasteiger charge is 2.42. The van der Waals surface area contributed by atoms with Crippen molar-refractivity contribution in [3.8, 4) is 0 Å². The van der Waals surface area contributed by atoms with Crippen LogP contribution in [0.3, 0.4) is 0 Å². The first-order chi connectivity index (χ1) is 5.33. The maximum Gasteiger partial charge on any atom is 0.0219 e. The molecule has 1 spiro atoms. The van der Waals surface area contributed by atoms with Crippen LogP contribution < -0.4 is 5.32 Å². The van der Waals surface area contributed by atoms with E-state index in [9.17, 15) is 0 Å². The Morgan fingerprint density at radius 3 is 2.09 bits per heavy atom. The SMILES string of the molecule is CC1CNC12CCCCCC2. The minimum Gasteiger partial charge on any atom is -0.311 e. The molecule has 1 aliphatic heterocycles. The van der Waals surface area contributed by atoms with E-state index in [2.05, 4.69) is 12.2 Å². The van der Waals surface area contributed by atoms with Gasteiger partial charge in [-0.2, -0.15) is 0 Å². The summed E-state index contributed by atoms with van der Waals surface area (Å²) in [6.45, 7) is 3.67. The van der Waals surface area contributed by atoms with E-state index in [4.69, 9.17) is 0 Å². The highest BCUT2D eigenvalue weighted by molar-refractivity contribution is 5.02. The zero-order chi connectivity index (χ0) is 7.73. The number of hydrogen-bond donors (Lipinski definition) is 1. The van der Waals surface area contributed by atoms with Crippen molar-refractivity contribution < 1.29 is 0 Å². The molecule has 0 bridgehead atoms. The molecule has 0 amide bonds. The van der Waals surface area contributed by atoms with Gasteiger partial charge in [0.15, 0.2) is 0 Å². The Hall–Kier alpha value is -0.0400. The molecule has 0 aromatic carbocycles. The summed E-state index contributed by atoms with van der Waals surface area (Å²) >= 11 is 0. The second-order valence-electron chi connectivity index (χ2n) is 4.35. The van der Waals surface area contributed by atoms with E-state index in [0.717, 1.165) is 5.92 Å². The number of rotatable bonds is 0. The molecule has 0 aromatic rings. The maximum atomic E-state index is 3.65. The average molecular weight is 153 g/mol. The van der Waals surface area contributed by atoms with Crippen molar-refractivity contribution in [3.05, 3.63) is 0 Å². The Morgan fingerprint density at radius 2 is 1.73 bits per heavy atom. The van der Waals surface area contributed by atoms with Gasteiger partial charge < -0.3 is 5.32 Å². The summed E-state index contributed by atoms with van der Waals surface area (Å²) in [6, 6.07) is 0. The molecule has 1 atom stereocenters. The van der Waals surface area contributed by atoms with Crippen LogP contribution in [0, 0.1) is 5.92 Å². The van der Waals surface area contributed by atoms with Crippen LogP contribution in [0.1, 0.15) is 45.4 Å². The van der Waals surface area contributed by atoms with Crippen LogP contribution in [0.2, 0.25) is 0 Å². The van der Waals surface area contributed by atoms with E-state index in [1.165, 1.54) is 45.1 Å². The second-order valence-corrected chi connectivity index (χ2v) is 4.35. The molecule has 1 unspecified atom stereocenters. The molecular formula is C10H19N. The fourth-order valence-corrected chi connectivity index (χ4v) is 2.62. The molecule has 1 aliphatic carbocycles. The van der Waals surface area contributed by atoms with E-state index in [1.807, 2.05) is 0 Å². The lowest BCUT2D eigenvalue weighted by molar-refractivity contribution is 0.0953. The Kier molecular flexibility index (Phi) is 1.92. The minimum atomic E-state index is 0.594. The summed E-state index contributed by atoms with van der Waals surface area (Å²) in [5.41, 5.74) is 0.594. The molecule has 1 N–H and O–H groups in total. The third-order valence-corrected chi connectivity index (χ3v) is 3.70. The van der Waals surface area contributed by atoms with Crippen LogP contribution in [0.15, 0.2) is 0 Å². The molecule has 2 fully saturated rings. The average Bonchev–Trinajstić information content (AvgIpc) is 2.28. The van der Waals surface area contributed by atoms with Crippen LogP contribution in [0.5, 0.6) is 0 Å². The molecule has 2 rings (SSSR count). The van der Waals surface area contributed by atoms with Gasteiger partial charge in [-0.3, -0.25) is 0 Å². The molecule has 1 heterocycles.